The number of benzene rings is 2. The fraction of sp³-hybridized carbons (Fsp3) is 0.333. The minimum Gasteiger partial charge on any atom is -0.0619 e. The van der Waals surface area contributed by atoms with Crippen molar-refractivity contribution in [2.75, 3.05) is 0 Å². The maximum absolute atomic E-state index is 2.32. The second-order valence-corrected chi connectivity index (χ2v) is 6.37. The van der Waals surface area contributed by atoms with Crippen molar-refractivity contribution >= 4 is 0 Å². The van der Waals surface area contributed by atoms with E-state index in [1.165, 1.54) is 27.8 Å². The van der Waals surface area contributed by atoms with Gasteiger partial charge in [-0.2, -0.15) is 0 Å². The maximum atomic E-state index is 2.32. The lowest BCUT2D eigenvalue weighted by atomic mass is 9.81. The predicted octanol–water partition coefficient (Wildman–Crippen LogP) is 4.86. The van der Waals surface area contributed by atoms with E-state index in [-0.39, 0.29) is 5.41 Å². The molecule has 0 nitrogen and oxygen atoms in total. The Bertz CT molecular complexity index is 612. The van der Waals surface area contributed by atoms with Crippen molar-refractivity contribution in [1.29, 1.82) is 0 Å². The van der Waals surface area contributed by atoms with Crippen LogP contribution in [0.2, 0.25) is 0 Å². The zero-order valence-electron chi connectivity index (χ0n) is 11.7. The van der Waals surface area contributed by atoms with Gasteiger partial charge in [-0.15, -0.1) is 0 Å². The summed E-state index contributed by atoms with van der Waals surface area (Å²) in [6.07, 6.45) is 1.10. The first kappa shape index (κ1) is 11.5. The second-order valence-electron chi connectivity index (χ2n) is 6.37. The fourth-order valence-electron chi connectivity index (χ4n) is 3.13. The summed E-state index contributed by atoms with van der Waals surface area (Å²) in [5.74, 6) is 0. The van der Waals surface area contributed by atoms with Gasteiger partial charge in [-0.3, -0.25) is 0 Å². The van der Waals surface area contributed by atoms with Crippen LogP contribution in [0.15, 0.2) is 36.4 Å². The lowest BCUT2D eigenvalue weighted by Gasteiger charge is -2.23. The van der Waals surface area contributed by atoms with Gasteiger partial charge in [0, 0.05) is 0 Å². The van der Waals surface area contributed by atoms with E-state index >= 15 is 0 Å². The summed E-state index contributed by atoms with van der Waals surface area (Å²) in [6.45, 7) is 9.15. The van der Waals surface area contributed by atoms with Crippen molar-refractivity contribution in [3.05, 3.63) is 58.7 Å². The average molecular weight is 236 g/mol. The van der Waals surface area contributed by atoms with Crippen LogP contribution in [0.5, 0.6) is 0 Å². The summed E-state index contributed by atoms with van der Waals surface area (Å²) < 4.78 is 0. The summed E-state index contributed by atoms with van der Waals surface area (Å²) in [7, 11) is 0. The molecule has 0 spiro atoms. The third kappa shape index (κ3) is 1.59. The summed E-state index contributed by atoms with van der Waals surface area (Å²) in [4.78, 5) is 0. The molecule has 0 fully saturated rings. The van der Waals surface area contributed by atoms with Crippen LogP contribution in [-0.4, -0.2) is 0 Å². The minimum atomic E-state index is 0.222. The van der Waals surface area contributed by atoms with Crippen molar-refractivity contribution in [3.63, 3.8) is 0 Å². The van der Waals surface area contributed by atoms with Crippen molar-refractivity contribution in [2.45, 2.75) is 39.5 Å². The Morgan fingerprint density at radius 3 is 2.39 bits per heavy atom. The Morgan fingerprint density at radius 1 is 0.944 bits per heavy atom. The van der Waals surface area contributed by atoms with Crippen LogP contribution in [0.1, 0.15) is 43.0 Å². The number of fused-ring (bicyclic) bond motifs is 3. The van der Waals surface area contributed by atoms with Gasteiger partial charge < -0.3 is 0 Å². The summed E-state index contributed by atoms with van der Waals surface area (Å²) in [5, 5.41) is 0. The molecule has 0 saturated heterocycles. The molecular weight excluding hydrogens is 216 g/mol. The SMILES string of the molecule is Cc1ccc(C(C)(C)C)c2c1-c1ccccc1C2. The van der Waals surface area contributed by atoms with E-state index in [2.05, 4.69) is 64.1 Å². The predicted molar refractivity (Wildman–Crippen MR) is 78.1 cm³/mol. The van der Waals surface area contributed by atoms with Gasteiger partial charge in [0.2, 0.25) is 0 Å². The molecule has 0 aromatic heterocycles. The molecule has 92 valence electrons. The van der Waals surface area contributed by atoms with Gasteiger partial charge in [0.25, 0.3) is 0 Å². The monoisotopic (exact) mass is 236 g/mol. The van der Waals surface area contributed by atoms with Crippen LogP contribution in [-0.2, 0) is 11.8 Å². The van der Waals surface area contributed by atoms with E-state index < -0.39 is 0 Å². The number of hydrogen-bond donors (Lipinski definition) is 0. The van der Waals surface area contributed by atoms with Gasteiger partial charge in [0.1, 0.15) is 0 Å². The molecule has 18 heavy (non-hydrogen) atoms. The average Bonchev–Trinajstić information content (AvgIpc) is 2.67. The van der Waals surface area contributed by atoms with Crippen molar-refractivity contribution < 1.29 is 0 Å². The smallest absolute Gasteiger partial charge is 0.00104 e. The topological polar surface area (TPSA) is 0 Å². The first-order chi connectivity index (χ1) is 8.48. The van der Waals surface area contributed by atoms with Crippen molar-refractivity contribution in [2.24, 2.45) is 0 Å². The Kier molecular flexibility index (Phi) is 2.38. The molecule has 0 heteroatoms. The molecular formula is C18H20. The van der Waals surface area contributed by atoms with Crippen LogP contribution in [0.3, 0.4) is 0 Å². The first-order valence-corrected chi connectivity index (χ1v) is 6.70. The van der Waals surface area contributed by atoms with Crippen LogP contribution in [0, 0.1) is 6.92 Å². The van der Waals surface area contributed by atoms with Gasteiger partial charge in [-0.1, -0.05) is 57.2 Å². The van der Waals surface area contributed by atoms with E-state index in [9.17, 15) is 0 Å². The quantitative estimate of drug-likeness (QED) is 0.522. The van der Waals surface area contributed by atoms with Crippen LogP contribution in [0.4, 0.5) is 0 Å². The van der Waals surface area contributed by atoms with Crippen molar-refractivity contribution in [3.8, 4) is 11.1 Å². The van der Waals surface area contributed by atoms with Gasteiger partial charge in [0.15, 0.2) is 0 Å². The van der Waals surface area contributed by atoms with E-state index in [1.54, 1.807) is 5.56 Å². The maximum Gasteiger partial charge on any atom is -0.00104 e. The fourth-order valence-corrected chi connectivity index (χ4v) is 3.13. The van der Waals surface area contributed by atoms with Crippen LogP contribution >= 0.6 is 0 Å². The Balaban J connectivity index is 2.31. The first-order valence-electron chi connectivity index (χ1n) is 6.70. The molecule has 1 aliphatic rings. The largest absolute Gasteiger partial charge is 0.0619 e. The van der Waals surface area contributed by atoms with Gasteiger partial charge in [-0.25, -0.2) is 0 Å². The molecule has 0 unspecified atom stereocenters. The van der Waals surface area contributed by atoms with E-state index in [4.69, 9.17) is 0 Å². The normalized spacial score (nSPS) is 13.3. The van der Waals surface area contributed by atoms with Gasteiger partial charge in [0.05, 0.1) is 0 Å². The number of aryl methyl sites for hydroxylation is 1. The highest BCUT2D eigenvalue weighted by molar-refractivity contribution is 5.80. The summed E-state index contributed by atoms with van der Waals surface area (Å²) >= 11 is 0. The second kappa shape index (κ2) is 3.71. The highest BCUT2D eigenvalue weighted by atomic mass is 14.3. The highest BCUT2D eigenvalue weighted by Gasteiger charge is 2.26. The van der Waals surface area contributed by atoms with E-state index in [0.29, 0.717) is 0 Å². The highest BCUT2D eigenvalue weighted by Crippen LogP contribution is 2.43. The zero-order chi connectivity index (χ0) is 12.9. The number of rotatable bonds is 0. The van der Waals surface area contributed by atoms with E-state index in [1.807, 2.05) is 0 Å². The molecule has 0 atom stereocenters. The van der Waals surface area contributed by atoms with Crippen LogP contribution < -0.4 is 0 Å². The summed E-state index contributed by atoms with van der Waals surface area (Å²) in [5.41, 5.74) is 9.08. The molecule has 1 aliphatic carbocycles. The number of hydrogen-bond acceptors (Lipinski definition) is 0. The lowest BCUT2D eigenvalue weighted by molar-refractivity contribution is 0.585. The van der Waals surface area contributed by atoms with E-state index in [0.717, 1.165) is 6.42 Å². The minimum absolute atomic E-state index is 0.222. The summed E-state index contributed by atoms with van der Waals surface area (Å²) in [6, 6.07) is 13.4. The molecule has 0 aliphatic heterocycles. The van der Waals surface area contributed by atoms with Crippen LogP contribution in [0.25, 0.3) is 11.1 Å². The Hall–Kier alpha value is -1.56. The lowest BCUT2D eigenvalue weighted by Crippen LogP contribution is -2.14. The molecule has 0 bridgehead atoms. The standard InChI is InChI=1S/C18H20/c1-12-9-10-16(18(2,3)4)15-11-13-7-5-6-8-14(13)17(12)15/h5-10H,11H2,1-4H3. The van der Waals surface area contributed by atoms with Gasteiger partial charge in [-0.05, 0) is 52.1 Å². The Morgan fingerprint density at radius 2 is 1.67 bits per heavy atom. The molecule has 0 N–H and O–H groups in total. The van der Waals surface area contributed by atoms with Gasteiger partial charge >= 0.3 is 0 Å². The molecule has 0 amide bonds. The zero-order valence-corrected chi connectivity index (χ0v) is 11.7. The molecule has 2 aromatic rings. The van der Waals surface area contributed by atoms with Crippen molar-refractivity contribution in [1.82, 2.24) is 0 Å². The molecule has 2 aromatic carbocycles. The third-order valence-electron chi connectivity index (χ3n) is 3.98. The molecule has 0 heterocycles. The molecule has 3 rings (SSSR count). The third-order valence-corrected chi connectivity index (χ3v) is 3.98. The molecule has 0 saturated carbocycles. The Labute approximate surface area is 110 Å². The molecule has 0 radical (unpaired) electrons.